The van der Waals surface area contributed by atoms with Gasteiger partial charge in [-0.3, -0.25) is 4.98 Å². The van der Waals surface area contributed by atoms with Crippen LogP contribution in [0, 0.1) is 5.92 Å². The fraction of sp³-hybridized carbons (Fsp3) is 0.278. The van der Waals surface area contributed by atoms with Crippen molar-refractivity contribution in [2.24, 2.45) is 5.92 Å². The van der Waals surface area contributed by atoms with Crippen LogP contribution in [-0.4, -0.2) is 32.7 Å². The number of hydrogen-bond acceptors (Lipinski definition) is 5. The van der Waals surface area contributed by atoms with Crippen LogP contribution >= 0.6 is 0 Å². The maximum Gasteiger partial charge on any atom is 0.162 e. The topological polar surface area (TPSA) is 70.9 Å². The molecule has 0 bridgehead atoms. The highest BCUT2D eigenvalue weighted by atomic mass is 16.3. The Morgan fingerprint density at radius 2 is 1.78 bits per heavy atom. The SMILES string of the molecule is CC(C)[C@H](CO)Nc1nc(-c2ccncc2)nc2ccccc12. The van der Waals surface area contributed by atoms with Crippen molar-refractivity contribution in [2.45, 2.75) is 19.9 Å². The molecule has 0 aliphatic carbocycles. The van der Waals surface area contributed by atoms with Gasteiger partial charge in [-0.2, -0.15) is 0 Å². The number of anilines is 1. The monoisotopic (exact) mass is 308 g/mol. The summed E-state index contributed by atoms with van der Waals surface area (Å²) in [5, 5.41) is 13.9. The number of aromatic nitrogens is 3. The van der Waals surface area contributed by atoms with Crippen molar-refractivity contribution in [3.05, 3.63) is 48.8 Å². The summed E-state index contributed by atoms with van der Waals surface area (Å²) in [5.41, 5.74) is 1.79. The van der Waals surface area contributed by atoms with Gasteiger partial charge < -0.3 is 10.4 Å². The van der Waals surface area contributed by atoms with Crippen molar-refractivity contribution < 1.29 is 5.11 Å². The van der Waals surface area contributed by atoms with E-state index in [0.29, 0.717) is 5.82 Å². The Morgan fingerprint density at radius 3 is 2.48 bits per heavy atom. The van der Waals surface area contributed by atoms with Crippen LogP contribution < -0.4 is 5.32 Å². The molecule has 0 saturated carbocycles. The molecule has 0 aliphatic rings. The predicted octanol–water partition coefficient (Wildman–Crippen LogP) is 3.12. The van der Waals surface area contributed by atoms with Gasteiger partial charge in [-0.15, -0.1) is 0 Å². The number of pyridine rings is 1. The van der Waals surface area contributed by atoms with Crippen LogP contribution in [-0.2, 0) is 0 Å². The third-order valence-corrected chi connectivity index (χ3v) is 3.87. The van der Waals surface area contributed by atoms with E-state index in [1.54, 1.807) is 12.4 Å². The molecule has 2 aromatic heterocycles. The average molecular weight is 308 g/mol. The third kappa shape index (κ3) is 3.29. The van der Waals surface area contributed by atoms with Crippen LogP contribution in [0.5, 0.6) is 0 Å². The third-order valence-electron chi connectivity index (χ3n) is 3.87. The van der Waals surface area contributed by atoms with E-state index in [2.05, 4.69) is 34.1 Å². The van der Waals surface area contributed by atoms with Gasteiger partial charge in [0.2, 0.25) is 0 Å². The zero-order valence-electron chi connectivity index (χ0n) is 13.3. The summed E-state index contributed by atoms with van der Waals surface area (Å²) in [6.07, 6.45) is 3.46. The zero-order chi connectivity index (χ0) is 16.2. The van der Waals surface area contributed by atoms with Crippen molar-refractivity contribution in [3.8, 4) is 11.4 Å². The van der Waals surface area contributed by atoms with Gasteiger partial charge in [-0.1, -0.05) is 26.0 Å². The number of nitrogens with zero attached hydrogens (tertiary/aromatic N) is 3. The van der Waals surface area contributed by atoms with E-state index in [1.165, 1.54) is 0 Å². The minimum Gasteiger partial charge on any atom is -0.394 e. The Labute approximate surface area is 135 Å². The van der Waals surface area contributed by atoms with Gasteiger partial charge in [0.05, 0.1) is 18.2 Å². The Morgan fingerprint density at radius 1 is 1.04 bits per heavy atom. The second kappa shape index (κ2) is 6.71. The number of rotatable bonds is 5. The summed E-state index contributed by atoms with van der Waals surface area (Å²) >= 11 is 0. The Balaban J connectivity index is 2.11. The van der Waals surface area contributed by atoms with Crippen molar-refractivity contribution >= 4 is 16.7 Å². The fourth-order valence-electron chi connectivity index (χ4n) is 2.42. The first-order valence-corrected chi connectivity index (χ1v) is 7.73. The molecule has 3 rings (SSSR count). The molecule has 0 saturated heterocycles. The van der Waals surface area contributed by atoms with Crippen LogP contribution in [0.3, 0.4) is 0 Å². The molecule has 1 aromatic carbocycles. The maximum atomic E-state index is 9.60. The van der Waals surface area contributed by atoms with E-state index in [0.717, 1.165) is 22.3 Å². The highest BCUT2D eigenvalue weighted by molar-refractivity contribution is 5.90. The molecule has 0 amide bonds. The van der Waals surface area contributed by atoms with E-state index in [1.807, 2.05) is 36.4 Å². The van der Waals surface area contributed by atoms with Crippen LogP contribution in [0.1, 0.15) is 13.8 Å². The van der Waals surface area contributed by atoms with Gasteiger partial charge in [0.15, 0.2) is 5.82 Å². The first-order valence-electron chi connectivity index (χ1n) is 7.73. The van der Waals surface area contributed by atoms with Gasteiger partial charge >= 0.3 is 0 Å². The molecule has 2 heterocycles. The van der Waals surface area contributed by atoms with Crippen molar-refractivity contribution in [1.82, 2.24) is 15.0 Å². The molecule has 5 heteroatoms. The summed E-state index contributed by atoms with van der Waals surface area (Å²) in [5.74, 6) is 1.68. The van der Waals surface area contributed by atoms with Gasteiger partial charge in [0.1, 0.15) is 5.82 Å². The first kappa shape index (κ1) is 15.4. The normalized spacial score (nSPS) is 12.5. The first-order chi connectivity index (χ1) is 11.2. The number of aliphatic hydroxyl groups is 1. The van der Waals surface area contributed by atoms with E-state index < -0.39 is 0 Å². The van der Waals surface area contributed by atoms with Gasteiger partial charge in [0.25, 0.3) is 0 Å². The van der Waals surface area contributed by atoms with E-state index in [9.17, 15) is 5.11 Å². The summed E-state index contributed by atoms with van der Waals surface area (Å²) < 4.78 is 0. The molecule has 3 aromatic rings. The number of hydrogen-bond donors (Lipinski definition) is 2. The lowest BCUT2D eigenvalue weighted by atomic mass is 10.1. The van der Waals surface area contributed by atoms with Crippen molar-refractivity contribution in [2.75, 3.05) is 11.9 Å². The lowest BCUT2D eigenvalue weighted by molar-refractivity contribution is 0.249. The number of fused-ring (bicyclic) bond motifs is 1. The van der Waals surface area contributed by atoms with Gasteiger partial charge in [0, 0.05) is 23.3 Å². The molecule has 0 fully saturated rings. The standard InChI is InChI=1S/C18H20N4O/c1-12(2)16(11-23)21-18-14-5-3-4-6-15(14)20-17(22-18)13-7-9-19-10-8-13/h3-10,12,16,23H,11H2,1-2H3,(H,20,21,22)/t16-/m0/s1. The van der Waals surface area contributed by atoms with E-state index in [4.69, 9.17) is 0 Å². The highest BCUT2D eigenvalue weighted by Crippen LogP contribution is 2.25. The summed E-state index contributed by atoms with van der Waals surface area (Å²) in [7, 11) is 0. The van der Waals surface area contributed by atoms with Crippen LogP contribution in [0.2, 0.25) is 0 Å². The summed E-state index contributed by atoms with van der Waals surface area (Å²) in [4.78, 5) is 13.4. The smallest absolute Gasteiger partial charge is 0.162 e. The van der Waals surface area contributed by atoms with Crippen LogP contribution in [0.4, 0.5) is 5.82 Å². The maximum absolute atomic E-state index is 9.60. The molecule has 0 aliphatic heterocycles. The van der Waals surface area contributed by atoms with Crippen molar-refractivity contribution in [3.63, 3.8) is 0 Å². The molecule has 1 atom stereocenters. The molecule has 0 unspecified atom stereocenters. The minimum atomic E-state index is -0.0569. The van der Waals surface area contributed by atoms with E-state index in [-0.39, 0.29) is 18.6 Å². The quantitative estimate of drug-likeness (QED) is 0.758. The molecular formula is C18H20N4O. The second-order valence-electron chi connectivity index (χ2n) is 5.83. The predicted molar refractivity (Wildman–Crippen MR) is 92.1 cm³/mol. The Kier molecular flexibility index (Phi) is 4.48. The molecule has 118 valence electrons. The minimum absolute atomic E-state index is 0.0561. The number of aliphatic hydroxyl groups excluding tert-OH is 1. The Bertz CT molecular complexity index is 789. The second-order valence-corrected chi connectivity index (χ2v) is 5.83. The fourth-order valence-corrected chi connectivity index (χ4v) is 2.42. The summed E-state index contributed by atoms with van der Waals surface area (Å²) in [6, 6.07) is 11.6. The van der Waals surface area contributed by atoms with Gasteiger partial charge in [-0.05, 0) is 30.2 Å². The zero-order valence-corrected chi connectivity index (χ0v) is 13.3. The molecule has 2 N–H and O–H groups in total. The Hall–Kier alpha value is -2.53. The molecule has 23 heavy (non-hydrogen) atoms. The van der Waals surface area contributed by atoms with E-state index >= 15 is 0 Å². The largest absolute Gasteiger partial charge is 0.394 e. The number of para-hydroxylation sites is 1. The number of benzene rings is 1. The lowest BCUT2D eigenvalue weighted by Gasteiger charge is -2.21. The molecule has 0 spiro atoms. The molecule has 5 nitrogen and oxygen atoms in total. The van der Waals surface area contributed by atoms with Crippen LogP contribution in [0.15, 0.2) is 48.8 Å². The van der Waals surface area contributed by atoms with Gasteiger partial charge in [-0.25, -0.2) is 9.97 Å². The molecular weight excluding hydrogens is 288 g/mol. The van der Waals surface area contributed by atoms with Crippen molar-refractivity contribution in [1.29, 1.82) is 0 Å². The average Bonchev–Trinajstić information content (AvgIpc) is 2.59. The highest BCUT2D eigenvalue weighted by Gasteiger charge is 2.16. The molecule has 0 radical (unpaired) electrons. The summed E-state index contributed by atoms with van der Waals surface area (Å²) in [6.45, 7) is 4.20. The van der Waals surface area contributed by atoms with Crippen LogP contribution in [0.25, 0.3) is 22.3 Å². The lowest BCUT2D eigenvalue weighted by Crippen LogP contribution is -2.30. The number of nitrogens with one attached hydrogen (secondary N) is 1.